The zero-order valence-corrected chi connectivity index (χ0v) is 12.1. The Balaban J connectivity index is 3.04. The first-order chi connectivity index (χ1) is 9.77. The molecule has 0 spiro atoms. The van der Waals surface area contributed by atoms with E-state index in [-0.39, 0.29) is 29.2 Å². The second-order valence-corrected chi connectivity index (χ2v) is 5.85. The number of sulfonamides is 1. The molecule has 10 heteroatoms. The number of nitrogens with one attached hydrogen (secondary N) is 2. The molecule has 0 aliphatic rings. The molecule has 0 unspecified atom stereocenters. The third-order valence-electron chi connectivity index (χ3n) is 2.51. The molecule has 0 fully saturated rings. The van der Waals surface area contributed by atoms with Crippen molar-refractivity contribution in [3.63, 3.8) is 0 Å². The molecule has 0 saturated carbocycles. The number of hydrogen-bond acceptors (Lipinski definition) is 6. The van der Waals surface area contributed by atoms with Gasteiger partial charge in [0.05, 0.1) is 9.82 Å². The van der Waals surface area contributed by atoms with Crippen molar-refractivity contribution in [3.8, 4) is 0 Å². The highest BCUT2D eigenvalue weighted by Gasteiger charge is 2.21. The Bertz CT molecular complexity index is 644. The van der Waals surface area contributed by atoms with E-state index >= 15 is 0 Å². The number of anilines is 1. The van der Waals surface area contributed by atoms with Crippen molar-refractivity contribution in [1.82, 2.24) is 4.72 Å². The van der Waals surface area contributed by atoms with Gasteiger partial charge in [-0.1, -0.05) is 0 Å². The number of nitro benzene ring substituents is 1. The summed E-state index contributed by atoms with van der Waals surface area (Å²) < 4.78 is 26.1. The van der Waals surface area contributed by atoms with Crippen LogP contribution in [0, 0.1) is 10.1 Å². The van der Waals surface area contributed by atoms with E-state index in [9.17, 15) is 23.3 Å². The lowest BCUT2D eigenvalue weighted by atomic mass is 10.2. The van der Waals surface area contributed by atoms with Crippen molar-refractivity contribution in [2.24, 2.45) is 5.73 Å². The molecule has 0 heterocycles. The van der Waals surface area contributed by atoms with Crippen molar-refractivity contribution >= 4 is 27.3 Å². The normalized spacial score (nSPS) is 11.1. The topological polar surface area (TPSA) is 144 Å². The number of carbonyl (C=O) groups excluding carboxylic acids is 1. The summed E-state index contributed by atoms with van der Waals surface area (Å²) in [5, 5.41) is 13.7. The van der Waals surface area contributed by atoms with E-state index in [0.717, 1.165) is 6.07 Å². The Labute approximate surface area is 121 Å². The van der Waals surface area contributed by atoms with Crippen LogP contribution in [-0.4, -0.2) is 32.3 Å². The lowest BCUT2D eigenvalue weighted by Crippen LogP contribution is -2.28. The summed E-state index contributed by atoms with van der Waals surface area (Å²) >= 11 is 0. The van der Waals surface area contributed by atoms with Crippen LogP contribution >= 0.6 is 0 Å². The minimum Gasteiger partial charge on any atom is -0.380 e. The van der Waals surface area contributed by atoms with Gasteiger partial charge in [0.1, 0.15) is 5.69 Å². The fourth-order valence-corrected chi connectivity index (χ4v) is 2.61. The predicted octanol–water partition coefficient (Wildman–Crippen LogP) is 0.180. The number of carbonyl (C=O) groups is 1. The zero-order valence-electron chi connectivity index (χ0n) is 11.3. The van der Waals surface area contributed by atoms with Crippen LogP contribution in [0.15, 0.2) is 23.1 Å². The first-order valence-electron chi connectivity index (χ1n) is 6.08. The number of nitrogens with two attached hydrogens (primary N) is 1. The van der Waals surface area contributed by atoms with E-state index in [4.69, 9.17) is 5.73 Å². The predicted molar refractivity (Wildman–Crippen MR) is 76.3 cm³/mol. The maximum atomic E-state index is 12.0. The van der Waals surface area contributed by atoms with E-state index in [2.05, 4.69) is 10.0 Å². The molecule has 1 amide bonds. The summed E-state index contributed by atoms with van der Waals surface area (Å²) in [7, 11) is -3.93. The van der Waals surface area contributed by atoms with Crippen LogP contribution in [0.2, 0.25) is 0 Å². The molecule has 0 radical (unpaired) electrons. The SMILES string of the molecule is CCNc1ccc(S(=O)(=O)NCCC(N)=O)cc1[N+](=O)[O-]. The van der Waals surface area contributed by atoms with Gasteiger partial charge in [0.25, 0.3) is 5.69 Å². The Morgan fingerprint density at radius 3 is 2.62 bits per heavy atom. The third-order valence-corrected chi connectivity index (χ3v) is 3.97. The van der Waals surface area contributed by atoms with Crippen molar-refractivity contribution < 1.29 is 18.1 Å². The van der Waals surface area contributed by atoms with Gasteiger partial charge in [-0.15, -0.1) is 0 Å². The van der Waals surface area contributed by atoms with Crippen LogP contribution in [0.25, 0.3) is 0 Å². The summed E-state index contributed by atoms with van der Waals surface area (Å²) in [6, 6.07) is 3.53. The van der Waals surface area contributed by atoms with Crippen molar-refractivity contribution in [2.45, 2.75) is 18.2 Å². The standard InChI is InChI=1S/C11H16N4O5S/c1-2-13-9-4-3-8(7-10(9)15(17)18)21(19,20)14-6-5-11(12)16/h3-4,7,13-14H,2,5-6H2,1H3,(H2,12,16). The minimum absolute atomic E-state index is 0.156. The largest absolute Gasteiger partial charge is 0.380 e. The number of nitro groups is 1. The van der Waals surface area contributed by atoms with Crippen molar-refractivity contribution in [1.29, 1.82) is 0 Å². The number of primary amides is 1. The molecule has 0 aliphatic heterocycles. The Kier molecular flexibility index (Phi) is 5.61. The van der Waals surface area contributed by atoms with Crippen LogP contribution < -0.4 is 15.8 Å². The molecule has 0 atom stereocenters. The van der Waals surface area contributed by atoms with E-state index < -0.39 is 20.9 Å². The van der Waals surface area contributed by atoms with Crippen LogP contribution in [0.1, 0.15) is 13.3 Å². The quantitative estimate of drug-likeness (QED) is 0.461. The molecule has 0 aromatic heterocycles. The highest BCUT2D eigenvalue weighted by molar-refractivity contribution is 7.89. The first kappa shape index (κ1) is 16.9. The maximum absolute atomic E-state index is 12.0. The van der Waals surface area contributed by atoms with Gasteiger partial charge in [0.2, 0.25) is 15.9 Å². The molecule has 9 nitrogen and oxygen atoms in total. The number of benzene rings is 1. The summed E-state index contributed by atoms with van der Waals surface area (Å²) in [5.74, 6) is -0.647. The molecule has 1 rings (SSSR count). The molecular formula is C11H16N4O5S. The second kappa shape index (κ2) is 6.99. The average Bonchev–Trinajstić information content (AvgIpc) is 2.38. The minimum atomic E-state index is -3.93. The van der Waals surface area contributed by atoms with Gasteiger partial charge in [-0.2, -0.15) is 0 Å². The Morgan fingerprint density at radius 1 is 1.43 bits per heavy atom. The van der Waals surface area contributed by atoms with Crippen molar-refractivity contribution in [2.75, 3.05) is 18.4 Å². The maximum Gasteiger partial charge on any atom is 0.293 e. The van der Waals surface area contributed by atoms with Gasteiger partial charge >= 0.3 is 0 Å². The molecule has 0 bridgehead atoms. The monoisotopic (exact) mass is 316 g/mol. The van der Waals surface area contributed by atoms with Gasteiger partial charge in [-0.3, -0.25) is 14.9 Å². The summed E-state index contributed by atoms with van der Waals surface area (Å²) in [6.45, 7) is 2.06. The highest BCUT2D eigenvalue weighted by Crippen LogP contribution is 2.27. The Morgan fingerprint density at radius 2 is 2.10 bits per heavy atom. The van der Waals surface area contributed by atoms with Gasteiger partial charge < -0.3 is 11.1 Å². The number of rotatable bonds is 8. The molecule has 1 aromatic rings. The van der Waals surface area contributed by atoms with Gasteiger partial charge in [-0.25, -0.2) is 13.1 Å². The van der Waals surface area contributed by atoms with Gasteiger partial charge in [0.15, 0.2) is 0 Å². The number of hydrogen-bond donors (Lipinski definition) is 3. The van der Waals surface area contributed by atoms with E-state index in [1.54, 1.807) is 6.92 Å². The van der Waals surface area contributed by atoms with Crippen LogP contribution in [0.5, 0.6) is 0 Å². The zero-order chi connectivity index (χ0) is 16.0. The smallest absolute Gasteiger partial charge is 0.293 e. The lowest BCUT2D eigenvalue weighted by molar-refractivity contribution is -0.384. The van der Waals surface area contributed by atoms with Crippen molar-refractivity contribution in [3.05, 3.63) is 28.3 Å². The Hall–Kier alpha value is -2.20. The molecule has 4 N–H and O–H groups in total. The van der Waals surface area contributed by atoms with Crippen LogP contribution in [0.3, 0.4) is 0 Å². The molecule has 116 valence electrons. The van der Waals surface area contributed by atoms with Gasteiger partial charge in [-0.05, 0) is 19.1 Å². The molecular weight excluding hydrogens is 300 g/mol. The molecule has 21 heavy (non-hydrogen) atoms. The fourth-order valence-electron chi connectivity index (χ4n) is 1.56. The number of amides is 1. The second-order valence-electron chi connectivity index (χ2n) is 4.08. The molecule has 0 aliphatic carbocycles. The van der Waals surface area contributed by atoms with E-state index in [0.29, 0.717) is 6.54 Å². The van der Waals surface area contributed by atoms with E-state index in [1.165, 1.54) is 12.1 Å². The lowest BCUT2D eigenvalue weighted by Gasteiger charge is -2.08. The highest BCUT2D eigenvalue weighted by atomic mass is 32.2. The van der Waals surface area contributed by atoms with E-state index in [1.807, 2.05) is 0 Å². The molecule has 0 saturated heterocycles. The van der Waals surface area contributed by atoms with Crippen LogP contribution in [-0.2, 0) is 14.8 Å². The summed E-state index contributed by atoms with van der Waals surface area (Å²) in [5.41, 5.74) is 4.80. The molecule has 1 aromatic carbocycles. The van der Waals surface area contributed by atoms with Crippen LogP contribution in [0.4, 0.5) is 11.4 Å². The number of nitrogens with zero attached hydrogens (tertiary/aromatic N) is 1. The fraction of sp³-hybridized carbons (Fsp3) is 0.364. The summed E-state index contributed by atoms with van der Waals surface area (Å²) in [6.07, 6.45) is -0.156. The third kappa shape index (κ3) is 4.68. The summed E-state index contributed by atoms with van der Waals surface area (Å²) in [4.78, 5) is 20.6. The first-order valence-corrected chi connectivity index (χ1v) is 7.56. The van der Waals surface area contributed by atoms with Gasteiger partial charge in [0, 0.05) is 25.6 Å². The average molecular weight is 316 g/mol.